The van der Waals surface area contributed by atoms with Crippen LogP contribution < -0.4 is 0 Å². The fraction of sp³-hybridized carbons (Fsp3) is 0. The number of carboxylic acid groups (broad SMARTS) is 2. The van der Waals surface area contributed by atoms with Crippen molar-refractivity contribution in [3.63, 3.8) is 0 Å². The van der Waals surface area contributed by atoms with Crippen molar-refractivity contribution in [3.8, 4) is 0 Å². The quantitative estimate of drug-likeness (QED) is 0.402. The Balaban J connectivity index is -0.0000000450. The summed E-state index contributed by atoms with van der Waals surface area (Å²) in [7, 11) is 0. The number of carbonyl (C=O) groups is 1. The first-order valence-electron chi connectivity index (χ1n) is 0.651. The second kappa shape index (κ2) is 8.84. The molecular formula is CH4FLiO3. The van der Waals surface area contributed by atoms with Crippen LogP contribution in [0, 0.1) is 0 Å². The minimum absolute atomic E-state index is 0. The molecule has 3 nitrogen and oxygen atoms in total. The Bertz CT molecular complexity index is 33.8. The Labute approximate surface area is 45.5 Å². The van der Waals surface area contributed by atoms with Crippen LogP contribution in [-0.4, -0.2) is 35.2 Å². The Morgan fingerprint density at radius 3 is 1.33 bits per heavy atom. The summed E-state index contributed by atoms with van der Waals surface area (Å²) in [5.41, 5.74) is 0. The van der Waals surface area contributed by atoms with Gasteiger partial charge in [-0.3, -0.25) is 4.70 Å². The Morgan fingerprint density at radius 1 is 1.33 bits per heavy atom. The van der Waals surface area contributed by atoms with Gasteiger partial charge in [-0.25, -0.2) is 4.79 Å². The molecule has 2 N–H and O–H groups in total. The summed E-state index contributed by atoms with van der Waals surface area (Å²) in [6.07, 6.45) is -1.83. The van der Waals surface area contributed by atoms with E-state index in [1.54, 1.807) is 0 Å². The van der Waals surface area contributed by atoms with Gasteiger partial charge in [0.15, 0.2) is 0 Å². The Morgan fingerprint density at radius 2 is 1.33 bits per heavy atom. The molecule has 0 bridgehead atoms. The van der Waals surface area contributed by atoms with E-state index in [0.29, 0.717) is 0 Å². The fourth-order valence-corrected chi connectivity index (χ4v) is 0. The summed E-state index contributed by atoms with van der Waals surface area (Å²) in [4.78, 5) is 8.56. The molecule has 0 aliphatic heterocycles. The molecule has 0 aromatic carbocycles. The number of rotatable bonds is 0. The van der Waals surface area contributed by atoms with Gasteiger partial charge in [-0.15, -0.1) is 0 Å². The summed E-state index contributed by atoms with van der Waals surface area (Å²) in [5.74, 6) is 0. The van der Waals surface area contributed by atoms with E-state index in [0.717, 1.165) is 0 Å². The van der Waals surface area contributed by atoms with Gasteiger partial charge in [-0.1, -0.05) is 0 Å². The van der Waals surface area contributed by atoms with Gasteiger partial charge in [-0.05, 0) is 0 Å². The fourth-order valence-electron chi connectivity index (χ4n) is 0. The molecule has 0 amide bonds. The molecule has 0 aliphatic carbocycles. The van der Waals surface area contributed by atoms with E-state index in [1.807, 2.05) is 0 Å². The van der Waals surface area contributed by atoms with Crippen LogP contribution in [0.5, 0.6) is 0 Å². The van der Waals surface area contributed by atoms with Gasteiger partial charge in [0.2, 0.25) is 0 Å². The van der Waals surface area contributed by atoms with Crippen LogP contribution in [0.3, 0.4) is 0 Å². The minimum atomic E-state index is -1.83. The van der Waals surface area contributed by atoms with Crippen molar-refractivity contribution in [2.45, 2.75) is 0 Å². The van der Waals surface area contributed by atoms with Gasteiger partial charge >= 0.3 is 25.0 Å². The molecule has 0 saturated carbocycles. The third kappa shape index (κ3) is 724. The van der Waals surface area contributed by atoms with Crippen LogP contribution in [0.1, 0.15) is 0 Å². The Hall–Kier alpha value is -0.203. The predicted molar refractivity (Wildman–Crippen MR) is 20.3 cm³/mol. The van der Waals surface area contributed by atoms with Crippen molar-refractivity contribution in [2.75, 3.05) is 0 Å². The van der Waals surface area contributed by atoms with Crippen molar-refractivity contribution in [3.05, 3.63) is 0 Å². The average molecular weight is 90.0 g/mol. The van der Waals surface area contributed by atoms with E-state index < -0.39 is 6.16 Å². The number of hydrogen-bond donors (Lipinski definition) is 2. The maximum absolute atomic E-state index is 8.56. The molecule has 0 aromatic heterocycles. The third-order valence-electron chi connectivity index (χ3n) is 0. The van der Waals surface area contributed by atoms with Crippen molar-refractivity contribution in [1.29, 1.82) is 0 Å². The second-order valence-corrected chi connectivity index (χ2v) is 0.283. The van der Waals surface area contributed by atoms with E-state index >= 15 is 0 Å². The molecule has 0 spiro atoms. The van der Waals surface area contributed by atoms with Gasteiger partial charge < -0.3 is 10.2 Å². The van der Waals surface area contributed by atoms with Gasteiger partial charge in [0.1, 0.15) is 0 Å². The SMILES string of the molecule is F.O=C(O)O.[LiH]. The zero-order valence-electron chi connectivity index (χ0n) is 2.21. The van der Waals surface area contributed by atoms with E-state index in [9.17, 15) is 0 Å². The molecule has 0 atom stereocenters. The van der Waals surface area contributed by atoms with Gasteiger partial charge in [-0.2, -0.15) is 0 Å². The zero-order chi connectivity index (χ0) is 3.58. The summed E-state index contributed by atoms with van der Waals surface area (Å²) < 4.78 is 0. The molecule has 0 rings (SSSR count). The molecule has 0 radical (unpaired) electrons. The van der Waals surface area contributed by atoms with Gasteiger partial charge in [0.25, 0.3) is 0 Å². The molecule has 0 fully saturated rings. The number of hydrogen-bond acceptors (Lipinski definition) is 1. The monoisotopic (exact) mass is 90.0 g/mol. The molecule has 0 aliphatic rings. The van der Waals surface area contributed by atoms with Gasteiger partial charge in [0, 0.05) is 0 Å². The molecule has 6 heavy (non-hydrogen) atoms. The number of halogens is 1. The van der Waals surface area contributed by atoms with Crippen LogP contribution in [0.25, 0.3) is 0 Å². The topological polar surface area (TPSA) is 57.5 Å². The third-order valence-corrected chi connectivity index (χ3v) is 0. The molecular weight excluding hydrogens is 85.9 g/mol. The van der Waals surface area contributed by atoms with E-state index in [1.165, 1.54) is 0 Å². The van der Waals surface area contributed by atoms with Crippen molar-refractivity contribution < 1.29 is 19.7 Å². The summed E-state index contributed by atoms with van der Waals surface area (Å²) >= 11 is 0. The van der Waals surface area contributed by atoms with Crippen LogP contribution in [0.2, 0.25) is 0 Å². The van der Waals surface area contributed by atoms with Crippen LogP contribution in [0.4, 0.5) is 9.50 Å². The van der Waals surface area contributed by atoms with Crippen molar-refractivity contribution >= 4 is 25.0 Å². The summed E-state index contributed by atoms with van der Waals surface area (Å²) in [6.45, 7) is 0. The van der Waals surface area contributed by atoms with Gasteiger partial charge in [0.05, 0.1) is 0 Å². The molecule has 0 unspecified atom stereocenters. The van der Waals surface area contributed by atoms with E-state index in [4.69, 9.17) is 15.0 Å². The van der Waals surface area contributed by atoms with Crippen LogP contribution in [-0.2, 0) is 0 Å². The maximum atomic E-state index is 8.56. The normalized spacial score (nSPS) is 4.00. The van der Waals surface area contributed by atoms with Crippen LogP contribution >= 0.6 is 0 Å². The van der Waals surface area contributed by atoms with Crippen LogP contribution in [0.15, 0.2) is 0 Å². The predicted octanol–water partition coefficient (Wildman–Crippen LogP) is -0.274. The average Bonchev–Trinajstić information content (AvgIpc) is 0.811. The van der Waals surface area contributed by atoms with Crippen molar-refractivity contribution in [2.24, 2.45) is 0 Å². The molecule has 5 heteroatoms. The van der Waals surface area contributed by atoms with Crippen molar-refractivity contribution in [1.82, 2.24) is 0 Å². The van der Waals surface area contributed by atoms with E-state index in [-0.39, 0.29) is 23.6 Å². The first kappa shape index (κ1) is 17.1. The standard InChI is InChI=1S/CH2O3.FH.Li.H/c2-1(3)4;;;/h(H2,2,3,4);1H;;. The zero-order valence-corrected chi connectivity index (χ0v) is 2.21. The first-order chi connectivity index (χ1) is 1.73. The van der Waals surface area contributed by atoms with E-state index in [2.05, 4.69) is 0 Å². The summed E-state index contributed by atoms with van der Waals surface area (Å²) in [5, 5.41) is 13.9. The molecule has 0 heterocycles. The molecule has 0 aromatic rings. The first-order valence-corrected chi connectivity index (χ1v) is 0.651. The molecule has 0 saturated heterocycles. The second-order valence-electron chi connectivity index (χ2n) is 0.283. The molecule has 34 valence electrons. The Kier molecular flexibility index (Phi) is 25.1. The summed E-state index contributed by atoms with van der Waals surface area (Å²) in [6, 6.07) is 0.